The lowest BCUT2D eigenvalue weighted by Gasteiger charge is -2.18. The molecule has 0 fully saturated rings. The monoisotopic (exact) mass is 385 g/mol. The average Bonchev–Trinajstić information content (AvgIpc) is 2.80. The molecule has 2 aromatic rings. The number of hydrogen-bond donors (Lipinski definition) is 1. The van der Waals surface area contributed by atoms with Crippen LogP contribution in [0.25, 0.3) is 0 Å². The zero-order valence-corrected chi connectivity index (χ0v) is 14.2. The van der Waals surface area contributed by atoms with E-state index in [0.717, 1.165) is 21.8 Å². The molecule has 5 heteroatoms. The third kappa shape index (κ3) is 3.91. The van der Waals surface area contributed by atoms with Crippen LogP contribution in [0.5, 0.6) is 0 Å². The number of rotatable bonds is 5. The third-order valence-corrected chi connectivity index (χ3v) is 4.38. The van der Waals surface area contributed by atoms with Crippen LogP contribution in [0.4, 0.5) is 0 Å². The van der Waals surface area contributed by atoms with Crippen molar-refractivity contribution >= 4 is 31.9 Å². The van der Waals surface area contributed by atoms with Crippen LogP contribution < -0.4 is 5.32 Å². The number of aromatic nitrogens is 2. The Morgan fingerprint density at radius 3 is 2.79 bits per heavy atom. The van der Waals surface area contributed by atoms with Gasteiger partial charge in [0.25, 0.3) is 0 Å². The SMILES string of the molecule is CNC(CCc1cnn(C)c1)c1cc(Br)ccc1Br. The number of nitrogens with zero attached hydrogens (tertiary/aromatic N) is 2. The average molecular weight is 387 g/mol. The van der Waals surface area contributed by atoms with Gasteiger partial charge in [-0.2, -0.15) is 5.10 Å². The minimum Gasteiger partial charge on any atom is -0.313 e. The maximum atomic E-state index is 4.20. The molecule has 0 spiro atoms. The van der Waals surface area contributed by atoms with Crippen molar-refractivity contribution in [2.24, 2.45) is 7.05 Å². The van der Waals surface area contributed by atoms with Gasteiger partial charge in [0.2, 0.25) is 0 Å². The molecule has 2 rings (SSSR count). The van der Waals surface area contributed by atoms with Crippen LogP contribution in [0.15, 0.2) is 39.5 Å². The van der Waals surface area contributed by atoms with Crippen molar-refractivity contribution in [3.63, 3.8) is 0 Å². The van der Waals surface area contributed by atoms with E-state index >= 15 is 0 Å². The molecule has 1 aromatic heterocycles. The second kappa shape index (κ2) is 6.68. The van der Waals surface area contributed by atoms with Crippen LogP contribution in [0.1, 0.15) is 23.6 Å². The highest BCUT2D eigenvalue weighted by atomic mass is 79.9. The highest BCUT2D eigenvalue weighted by molar-refractivity contribution is 9.11. The molecular formula is C14H17Br2N3. The van der Waals surface area contributed by atoms with Crippen LogP contribution in [0.3, 0.4) is 0 Å². The Labute approximate surface area is 130 Å². The molecule has 0 aliphatic heterocycles. The Balaban J connectivity index is 2.09. The maximum absolute atomic E-state index is 4.20. The molecule has 0 aliphatic rings. The maximum Gasteiger partial charge on any atom is 0.0521 e. The Bertz CT molecular complexity index is 551. The highest BCUT2D eigenvalue weighted by Gasteiger charge is 2.13. The fourth-order valence-electron chi connectivity index (χ4n) is 2.15. The molecule has 1 aromatic carbocycles. The van der Waals surface area contributed by atoms with E-state index < -0.39 is 0 Å². The Morgan fingerprint density at radius 2 is 2.16 bits per heavy atom. The summed E-state index contributed by atoms with van der Waals surface area (Å²) in [6, 6.07) is 6.61. The largest absolute Gasteiger partial charge is 0.313 e. The van der Waals surface area contributed by atoms with Crippen LogP contribution in [0, 0.1) is 0 Å². The second-order valence-electron chi connectivity index (χ2n) is 4.57. The van der Waals surface area contributed by atoms with Crippen molar-refractivity contribution in [1.82, 2.24) is 15.1 Å². The van der Waals surface area contributed by atoms with Crippen molar-refractivity contribution in [3.05, 3.63) is 50.7 Å². The summed E-state index contributed by atoms with van der Waals surface area (Å²) in [6.45, 7) is 0. The summed E-state index contributed by atoms with van der Waals surface area (Å²) in [7, 11) is 3.95. The molecule has 0 saturated heterocycles. The normalized spacial score (nSPS) is 12.6. The van der Waals surface area contributed by atoms with Gasteiger partial charge >= 0.3 is 0 Å². The van der Waals surface area contributed by atoms with E-state index in [1.165, 1.54) is 11.1 Å². The summed E-state index contributed by atoms with van der Waals surface area (Å²) < 4.78 is 4.09. The van der Waals surface area contributed by atoms with E-state index in [9.17, 15) is 0 Å². The molecule has 102 valence electrons. The predicted molar refractivity (Wildman–Crippen MR) is 85.2 cm³/mol. The van der Waals surface area contributed by atoms with Crippen molar-refractivity contribution in [2.45, 2.75) is 18.9 Å². The molecule has 0 saturated carbocycles. The first-order valence-electron chi connectivity index (χ1n) is 6.20. The van der Waals surface area contributed by atoms with Crippen LogP contribution in [0.2, 0.25) is 0 Å². The quantitative estimate of drug-likeness (QED) is 0.845. The number of hydrogen-bond acceptors (Lipinski definition) is 2. The first-order chi connectivity index (χ1) is 9.10. The van der Waals surface area contributed by atoms with Gasteiger partial charge in [0.1, 0.15) is 0 Å². The minimum absolute atomic E-state index is 0.326. The summed E-state index contributed by atoms with van der Waals surface area (Å²) >= 11 is 7.16. The molecule has 1 unspecified atom stereocenters. The van der Waals surface area contributed by atoms with Crippen molar-refractivity contribution < 1.29 is 0 Å². The smallest absolute Gasteiger partial charge is 0.0521 e. The van der Waals surface area contributed by atoms with Gasteiger partial charge in [0.05, 0.1) is 6.20 Å². The van der Waals surface area contributed by atoms with Crippen LogP contribution in [-0.2, 0) is 13.5 Å². The molecule has 0 amide bonds. The summed E-state index contributed by atoms with van der Waals surface area (Å²) in [5, 5.41) is 7.59. The second-order valence-corrected chi connectivity index (χ2v) is 6.34. The Morgan fingerprint density at radius 1 is 1.37 bits per heavy atom. The van der Waals surface area contributed by atoms with Gasteiger partial charge in [-0.3, -0.25) is 4.68 Å². The van der Waals surface area contributed by atoms with Crippen molar-refractivity contribution in [1.29, 1.82) is 0 Å². The molecular weight excluding hydrogens is 370 g/mol. The first kappa shape index (κ1) is 14.8. The fraction of sp³-hybridized carbons (Fsp3) is 0.357. The molecule has 3 nitrogen and oxygen atoms in total. The van der Waals surface area contributed by atoms with Gasteiger partial charge in [0.15, 0.2) is 0 Å². The van der Waals surface area contributed by atoms with Gasteiger partial charge in [0, 0.05) is 28.2 Å². The standard InChI is InChI=1S/C14H17Br2N3/c1-17-14(6-3-10-8-18-19(2)9-10)12-7-11(15)4-5-13(12)16/h4-5,7-9,14,17H,3,6H2,1-2H3. The van der Waals surface area contributed by atoms with Gasteiger partial charge in [-0.05, 0) is 49.2 Å². The highest BCUT2D eigenvalue weighted by Crippen LogP contribution is 2.29. The van der Waals surface area contributed by atoms with Gasteiger partial charge in [-0.15, -0.1) is 0 Å². The Hall–Kier alpha value is -0.650. The molecule has 1 atom stereocenters. The molecule has 1 heterocycles. The van der Waals surface area contributed by atoms with E-state index in [1.807, 2.05) is 31.0 Å². The van der Waals surface area contributed by atoms with Crippen LogP contribution >= 0.6 is 31.9 Å². The number of aryl methyl sites for hydroxylation is 2. The molecule has 1 N–H and O–H groups in total. The van der Waals surface area contributed by atoms with E-state index in [0.29, 0.717) is 6.04 Å². The zero-order chi connectivity index (χ0) is 13.8. The lowest BCUT2D eigenvalue weighted by atomic mass is 10.0. The molecule has 0 aliphatic carbocycles. The zero-order valence-electron chi connectivity index (χ0n) is 11.0. The molecule has 19 heavy (non-hydrogen) atoms. The van der Waals surface area contributed by atoms with E-state index in [-0.39, 0.29) is 0 Å². The molecule has 0 bridgehead atoms. The molecule has 0 radical (unpaired) electrons. The van der Waals surface area contributed by atoms with E-state index in [2.05, 4.69) is 60.6 Å². The van der Waals surface area contributed by atoms with Gasteiger partial charge in [-0.25, -0.2) is 0 Å². The summed E-state index contributed by atoms with van der Waals surface area (Å²) in [4.78, 5) is 0. The fourth-order valence-corrected chi connectivity index (χ4v) is 3.05. The summed E-state index contributed by atoms with van der Waals surface area (Å²) in [6.07, 6.45) is 6.06. The topological polar surface area (TPSA) is 29.9 Å². The minimum atomic E-state index is 0.326. The van der Waals surface area contributed by atoms with E-state index in [4.69, 9.17) is 0 Å². The summed E-state index contributed by atoms with van der Waals surface area (Å²) in [5.74, 6) is 0. The summed E-state index contributed by atoms with van der Waals surface area (Å²) in [5.41, 5.74) is 2.55. The number of halogens is 2. The lowest BCUT2D eigenvalue weighted by Crippen LogP contribution is -2.17. The van der Waals surface area contributed by atoms with Gasteiger partial charge in [-0.1, -0.05) is 31.9 Å². The van der Waals surface area contributed by atoms with Gasteiger partial charge < -0.3 is 5.32 Å². The van der Waals surface area contributed by atoms with E-state index in [1.54, 1.807) is 0 Å². The predicted octanol–water partition coefficient (Wildman–Crippen LogP) is 3.84. The van der Waals surface area contributed by atoms with Crippen LogP contribution in [-0.4, -0.2) is 16.8 Å². The number of nitrogens with one attached hydrogen (secondary N) is 1. The number of benzene rings is 1. The lowest BCUT2D eigenvalue weighted by molar-refractivity contribution is 0.547. The van der Waals surface area contributed by atoms with Crippen molar-refractivity contribution in [2.75, 3.05) is 7.05 Å². The van der Waals surface area contributed by atoms with Crippen molar-refractivity contribution in [3.8, 4) is 0 Å². The Kier molecular flexibility index (Phi) is 5.19. The first-order valence-corrected chi connectivity index (χ1v) is 7.78. The third-order valence-electron chi connectivity index (χ3n) is 3.16.